The summed E-state index contributed by atoms with van der Waals surface area (Å²) < 4.78 is 12.3. The van der Waals surface area contributed by atoms with Crippen LogP contribution in [0.4, 0.5) is 5.69 Å². The van der Waals surface area contributed by atoms with Crippen LogP contribution in [0.15, 0.2) is 10.9 Å². The van der Waals surface area contributed by atoms with E-state index in [9.17, 15) is 9.59 Å². The molecule has 0 unspecified atom stereocenters. The first-order valence-corrected chi connectivity index (χ1v) is 7.77. The molecule has 0 radical (unpaired) electrons. The van der Waals surface area contributed by atoms with Gasteiger partial charge in [0.1, 0.15) is 11.8 Å². The molecule has 7 nitrogen and oxygen atoms in total. The molecule has 1 amide bonds. The smallest absolute Gasteiger partial charge is 0.290 e. The van der Waals surface area contributed by atoms with Gasteiger partial charge in [0.05, 0.1) is 13.2 Å². The van der Waals surface area contributed by atoms with Crippen LogP contribution in [0.25, 0.3) is 0 Å². The van der Waals surface area contributed by atoms with Crippen LogP contribution in [0.1, 0.15) is 34.6 Å². The molecule has 2 rings (SSSR count). The molecular weight excluding hydrogens is 322 g/mol. The van der Waals surface area contributed by atoms with E-state index in [2.05, 4.69) is 10.4 Å². The molecule has 2 heterocycles. The molecule has 1 fully saturated rings. The van der Waals surface area contributed by atoms with Crippen molar-refractivity contribution in [3.63, 3.8) is 0 Å². The standard InChI is InChI=1S/C15H22ClN3O4/c1-14(2,3)13(21)17-10-6-11(16)18-19(12(10)20)7-9-8-22-15(4,5)23-9/h6,9H,7-8H2,1-5H3,(H,17,21)/t9-/m1/s1. The molecule has 0 saturated carbocycles. The first kappa shape index (κ1) is 17.9. The van der Waals surface area contributed by atoms with Crippen LogP contribution in [0.3, 0.4) is 0 Å². The molecule has 1 aliphatic rings. The van der Waals surface area contributed by atoms with Gasteiger partial charge in [0.15, 0.2) is 10.9 Å². The second-order valence-corrected chi connectivity index (χ2v) is 7.41. The molecule has 23 heavy (non-hydrogen) atoms. The lowest BCUT2D eigenvalue weighted by Gasteiger charge is -2.19. The quantitative estimate of drug-likeness (QED) is 0.908. The van der Waals surface area contributed by atoms with Gasteiger partial charge in [-0.05, 0) is 13.8 Å². The summed E-state index contributed by atoms with van der Waals surface area (Å²) in [6.45, 7) is 9.44. The molecule has 1 aliphatic heterocycles. The maximum Gasteiger partial charge on any atom is 0.290 e. The van der Waals surface area contributed by atoms with E-state index < -0.39 is 16.8 Å². The SMILES string of the molecule is CC1(C)OC[C@@H](Cn2nc(Cl)cc(NC(=O)C(C)(C)C)c2=O)O1. The van der Waals surface area contributed by atoms with Crippen molar-refractivity contribution in [2.75, 3.05) is 11.9 Å². The number of ether oxygens (including phenoxy) is 2. The van der Waals surface area contributed by atoms with E-state index in [0.29, 0.717) is 6.61 Å². The molecule has 1 saturated heterocycles. The second-order valence-electron chi connectivity index (χ2n) is 7.02. The van der Waals surface area contributed by atoms with E-state index in [4.69, 9.17) is 21.1 Å². The third kappa shape index (κ3) is 4.53. The molecule has 0 aliphatic carbocycles. The molecule has 1 atom stereocenters. The van der Waals surface area contributed by atoms with Crippen molar-refractivity contribution in [1.29, 1.82) is 0 Å². The van der Waals surface area contributed by atoms with Crippen molar-refractivity contribution in [3.8, 4) is 0 Å². The number of halogens is 1. The maximum absolute atomic E-state index is 12.5. The van der Waals surface area contributed by atoms with E-state index in [1.54, 1.807) is 34.6 Å². The predicted molar refractivity (Wildman–Crippen MR) is 86.5 cm³/mol. The third-order valence-electron chi connectivity index (χ3n) is 3.32. The Kier molecular flexibility index (Phi) is 4.84. The van der Waals surface area contributed by atoms with Crippen LogP contribution in [0.2, 0.25) is 5.15 Å². The molecule has 0 bridgehead atoms. The van der Waals surface area contributed by atoms with Gasteiger partial charge in [-0.3, -0.25) is 9.59 Å². The summed E-state index contributed by atoms with van der Waals surface area (Å²) in [7, 11) is 0. The highest BCUT2D eigenvalue weighted by atomic mass is 35.5. The summed E-state index contributed by atoms with van der Waals surface area (Å²) in [6.07, 6.45) is -0.306. The zero-order valence-corrected chi connectivity index (χ0v) is 14.7. The number of nitrogens with one attached hydrogen (secondary N) is 1. The van der Waals surface area contributed by atoms with Gasteiger partial charge in [-0.1, -0.05) is 32.4 Å². The largest absolute Gasteiger partial charge is 0.348 e. The number of rotatable bonds is 3. The van der Waals surface area contributed by atoms with Crippen LogP contribution in [0, 0.1) is 5.41 Å². The van der Waals surface area contributed by atoms with Gasteiger partial charge >= 0.3 is 0 Å². The van der Waals surface area contributed by atoms with E-state index in [-0.39, 0.29) is 29.4 Å². The fourth-order valence-corrected chi connectivity index (χ4v) is 2.28. The number of carbonyl (C=O) groups excluding carboxylic acids is 1. The minimum atomic E-state index is -0.684. The first-order chi connectivity index (χ1) is 10.5. The van der Waals surface area contributed by atoms with Crippen LogP contribution >= 0.6 is 11.6 Å². The van der Waals surface area contributed by atoms with Gasteiger partial charge in [-0.15, -0.1) is 0 Å². The number of carbonyl (C=O) groups is 1. The van der Waals surface area contributed by atoms with E-state index in [1.807, 2.05) is 0 Å². The minimum absolute atomic E-state index is 0.100. The molecular formula is C15H22ClN3O4. The summed E-state index contributed by atoms with van der Waals surface area (Å²) in [5.74, 6) is -0.958. The zero-order valence-electron chi connectivity index (χ0n) is 14.0. The lowest BCUT2D eigenvalue weighted by Crippen LogP contribution is -2.35. The highest BCUT2D eigenvalue weighted by molar-refractivity contribution is 6.29. The van der Waals surface area contributed by atoms with Crippen molar-refractivity contribution in [3.05, 3.63) is 21.6 Å². The second kappa shape index (κ2) is 6.22. The summed E-state index contributed by atoms with van der Waals surface area (Å²) in [5.41, 5.74) is -0.956. The minimum Gasteiger partial charge on any atom is -0.348 e. The number of amides is 1. The number of hydrogen-bond donors (Lipinski definition) is 1. The zero-order chi connectivity index (χ0) is 17.4. The highest BCUT2D eigenvalue weighted by Crippen LogP contribution is 2.23. The fourth-order valence-electron chi connectivity index (χ4n) is 2.08. The molecule has 1 N–H and O–H groups in total. The predicted octanol–water partition coefficient (Wildman–Crippen LogP) is 2.03. The molecule has 1 aromatic rings. The normalized spacial score (nSPS) is 20.5. The Morgan fingerprint density at radius 2 is 2.17 bits per heavy atom. The average Bonchev–Trinajstić information content (AvgIpc) is 2.73. The topological polar surface area (TPSA) is 82.5 Å². The van der Waals surface area contributed by atoms with Crippen molar-refractivity contribution in [1.82, 2.24) is 9.78 Å². The third-order valence-corrected chi connectivity index (χ3v) is 3.50. The monoisotopic (exact) mass is 343 g/mol. The molecule has 128 valence electrons. The van der Waals surface area contributed by atoms with E-state index >= 15 is 0 Å². The summed E-state index contributed by atoms with van der Waals surface area (Å²) in [4.78, 5) is 24.5. The van der Waals surface area contributed by atoms with Crippen LogP contribution < -0.4 is 10.9 Å². The van der Waals surface area contributed by atoms with Gasteiger partial charge in [0, 0.05) is 11.5 Å². The van der Waals surface area contributed by atoms with Gasteiger partial charge in [-0.25, -0.2) is 4.68 Å². The highest BCUT2D eigenvalue weighted by Gasteiger charge is 2.33. The Hall–Kier alpha value is -1.44. The van der Waals surface area contributed by atoms with Gasteiger partial charge < -0.3 is 14.8 Å². The number of nitrogens with zero attached hydrogens (tertiary/aromatic N) is 2. The van der Waals surface area contributed by atoms with Gasteiger partial charge in [0.25, 0.3) is 5.56 Å². The van der Waals surface area contributed by atoms with Gasteiger partial charge in [0.2, 0.25) is 5.91 Å². The molecule has 0 aromatic carbocycles. The molecule has 1 aromatic heterocycles. The Morgan fingerprint density at radius 1 is 1.52 bits per heavy atom. The Bertz CT molecular complexity index is 664. The lowest BCUT2D eigenvalue weighted by atomic mass is 9.96. The Morgan fingerprint density at radius 3 is 2.70 bits per heavy atom. The average molecular weight is 344 g/mol. The van der Waals surface area contributed by atoms with Crippen LogP contribution in [-0.4, -0.2) is 34.2 Å². The Balaban J connectivity index is 2.22. The number of aromatic nitrogens is 2. The summed E-state index contributed by atoms with van der Waals surface area (Å²) in [6, 6.07) is 1.35. The van der Waals surface area contributed by atoms with E-state index in [1.165, 1.54) is 10.7 Å². The number of hydrogen-bond acceptors (Lipinski definition) is 5. The maximum atomic E-state index is 12.5. The van der Waals surface area contributed by atoms with Crippen molar-refractivity contribution in [2.24, 2.45) is 5.41 Å². The lowest BCUT2D eigenvalue weighted by molar-refractivity contribution is -0.140. The number of anilines is 1. The fraction of sp³-hybridized carbons (Fsp3) is 0.667. The molecule has 0 spiro atoms. The molecule has 8 heteroatoms. The van der Waals surface area contributed by atoms with Gasteiger partial charge in [-0.2, -0.15) is 5.10 Å². The van der Waals surface area contributed by atoms with Crippen LogP contribution in [0.5, 0.6) is 0 Å². The van der Waals surface area contributed by atoms with Crippen molar-refractivity contribution < 1.29 is 14.3 Å². The van der Waals surface area contributed by atoms with Crippen LogP contribution in [-0.2, 0) is 20.8 Å². The van der Waals surface area contributed by atoms with Crippen molar-refractivity contribution in [2.45, 2.75) is 53.1 Å². The Labute approximate surface area is 139 Å². The summed E-state index contributed by atoms with van der Waals surface area (Å²) in [5, 5.41) is 6.72. The first-order valence-electron chi connectivity index (χ1n) is 7.39. The summed E-state index contributed by atoms with van der Waals surface area (Å²) >= 11 is 5.97. The van der Waals surface area contributed by atoms with E-state index in [0.717, 1.165) is 0 Å². The van der Waals surface area contributed by atoms with Crippen molar-refractivity contribution >= 4 is 23.2 Å².